The minimum atomic E-state index is -1.11. The van der Waals surface area contributed by atoms with Crippen molar-refractivity contribution in [2.45, 2.75) is 33.4 Å². The summed E-state index contributed by atoms with van der Waals surface area (Å²) in [5.41, 5.74) is 2.31. The van der Waals surface area contributed by atoms with E-state index < -0.39 is 17.9 Å². The molecule has 0 aliphatic heterocycles. The van der Waals surface area contributed by atoms with E-state index in [1.807, 2.05) is 25.3 Å². The Labute approximate surface area is 112 Å². The third-order valence-corrected chi connectivity index (χ3v) is 3.07. The van der Waals surface area contributed by atoms with Gasteiger partial charge in [-0.1, -0.05) is 0 Å². The Kier molecular flexibility index (Phi) is 5.11. The number of aryl methyl sites for hydroxylation is 1. The van der Waals surface area contributed by atoms with Gasteiger partial charge < -0.3 is 19.7 Å². The number of rotatable bonds is 6. The van der Waals surface area contributed by atoms with E-state index in [1.54, 1.807) is 6.07 Å². The Bertz CT molecular complexity index is 479. The van der Waals surface area contributed by atoms with Crippen molar-refractivity contribution >= 4 is 11.9 Å². The van der Waals surface area contributed by atoms with E-state index in [-0.39, 0.29) is 6.61 Å². The highest BCUT2D eigenvalue weighted by molar-refractivity contribution is 5.97. The van der Waals surface area contributed by atoms with Crippen LogP contribution in [0.1, 0.15) is 28.7 Å². The van der Waals surface area contributed by atoms with E-state index in [0.717, 1.165) is 17.9 Å². The van der Waals surface area contributed by atoms with Crippen LogP contribution in [-0.4, -0.2) is 41.3 Å². The van der Waals surface area contributed by atoms with E-state index >= 15 is 0 Å². The summed E-state index contributed by atoms with van der Waals surface area (Å²) in [5.74, 6) is -1.50. The molecule has 1 aromatic rings. The molecule has 0 aliphatic carbocycles. The van der Waals surface area contributed by atoms with Crippen molar-refractivity contribution in [1.29, 1.82) is 0 Å². The molecule has 0 spiro atoms. The number of carboxylic acids is 1. The van der Waals surface area contributed by atoms with Gasteiger partial charge in [-0.25, -0.2) is 4.79 Å². The lowest BCUT2D eigenvalue weighted by atomic mass is 10.2. The summed E-state index contributed by atoms with van der Waals surface area (Å²) in [7, 11) is 1.39. The molecule has 0 aliphatic rings. The second-order valence-electron chi connectivity index (χ2n) is 4.35. The molecule has 1 amide bonds. The average molecular weight is 268 g/mol. The maximum absolute atomic E-state index is 12.1. The maximum atomic E-state index is 12.1. The lowest BCUT2D eigenvalue weighted by Crippen LogP contribution is -2.43. The molecule has 1 unspecified atom stereocenters. The molecular formula is C13H20N2O4. The highest BCUT2D eigenvalue weighted by Gasteiger charge is 2.22. The fraction of sp³-hybridized carbons (Fsp3) is 0.538. The Balaban J connectivity index is 2.91. The first kappa shape index (κ1) is 15.2. The van der Waals surface area contributed by atoms with Crippen molar-refractivity contribution in [2.75, 3.05) is 13.7 Å². The van der Waals surface area contributed by atoms with Crippen molar-refractivity contribution in [3.05, 3.63) is 23.0 Å². The van der Waals surface area contributed by atoms with Crippen LogP contribution in [0.5, 0.6) is 0 Å². The smallest absolute Gasteiger partial charge is 0.328 e. The van der Waals surface area contributed by atoms with Crippen LogP contribution in [-0.2, 0) is 16.1 Å². The van der Waals surface area contributed by atoms with Crippen LogP contribution in [0.4, 0.5) is 0 Å². The van der Waals surface area contributed by atoms with E-state index in [9.17, 15) is 9.59 Å². The van der Waals surface area contributed by atoms with Gasteiger partial charge in [0.05, 0.1) is 12.2 Å². The molecule has 1 aromatic heterocycles. The molecule has 0 radical (unpaired) electrons. The van der Waals surface area contributed by atoms with Gasteiger partial charge in [0.25, 0.3) is 5.91 Å². The number of methoxy groups -OCH3 is 1. The number of carboxylic acid groups (broad SMARTS) is 1. The lowest BCUT2D eigenvalue weighted by molar-refractivity contribution is -0.140. The monoisotopic (exact) mass is 268 g/mol. The summed E-state index contributed by atoms with van der Waals surface area (Å²) in [5, 5.41) is 11.4. The molecule has 0 saturated carbocycles. The molecular weight excluding hydrogens is 248 g/mol. The van der Waals surface area contributed by atoms with Crippen LogP contribution >= 0.6 is 0 Å². The highest BCUT2D eigenvalue weighted by Crippen LogP contribution is 2.15. The number of hydrogen-bond acceptors (Lipinski definition) is 3. The van der Waals surface area contributed by atoms with E-state index in [4.69, 9.17) is 9.84 Å². The Morgan fingerprint density at radius 3 is 2.53 bits per heavy atom. The zero-order chi connectivity index (χ0) is 14.6. The van der Waals surface area contributed by atoms with Crippen molar-refractivity contribution < 1.29 is 19.4 Å². The zero-order valence-electron chi connectivity index (χ0n) is 11.7. The number of carbonyl (C=O) groups excluding carboxylic acids is 1. The lowest BCUT2D eigenvalue weighted by Gasteiger charge is -2.13. The first-order valence-corrected chi connectivity index (χ1v) is 6.11. The van der Waals surface area contributed by atoms with Crippen LogP contribution in [0.15, 0.2) is 6.07 Å². The van der Waals surface area contributed by atoms with E-state index in [1.165, 1.54) is 7.11 Å². The number of aromatic nitrogens is 1. The number of aliphatic carboxylic acids is 1. The SMILES string of the molecule is CCn1c(C)cc(C(=O)NC(COC)C(=O)O)c1C. The Morgan fingerprint density at radius 2 is 2.11 bits per heavy atom. The molecule has 106 valence electrons. The standard InChI is InChI=1S/C13H20N2O4/c1-5-15-8(2)6-10(9(15)3)12(16)14-11(7-19-4)13(17)18/h6,11H,5,7H2,1-4H3,(H,14,16)(H,17,18). The van der Waals surface area contributed by atoms with Crippen molar-refractivity contribution in [3.8, 4) is 0 Å². The zero-order valence-corrected chi connectivity index (χ0v) is 11.7. The third kappa shape index (κ3) is 3.35. The Morgan fingerprint density at radius 1 is 1.47 bits per heavy atom. The fourth-order valence-electron chi connectivity index (χ4n) is 2.09. The number of nitrogens with one attached hydrogen (secondary N) is 1. The summed E-state index contributed by atoms with van der Waals surface area (Å²) in [4.78, 5) is 23.1. The quantitative estimate of drug-likeness (QED) is 0.805. The molecule has 1 atom stereocenters. The number of nitrogens with zero attached hydrogens (tertiary/aromatic N) is 1. The van der Waals surface area contributed by atoms with Crippen LogP contribution in [0.2, 0.25) is 0 Å². The first-order chi connectivity index (χ1) is 8.92. The highest BCUT2D eigenvalue weighted by atomic mass is 16.5. The number of amides is 1. The molecule has 6 heteroatoms. The van der Waals surface area contributed by atoms with Crippen molar-refractivity contribution in [2.24, 2.45) is 0 Å². The van der Waals surface area contributed by atoms with Crippen LogP contribution < -0.4 is 5.32 Å². The van der Waals surface area contributed by atoms with Gasteiger partial charge in [0.15, 0.2) is 6.04 Å². The van der Waals surface area contributed by atoms with Gasteiger partial charge in [-0.05, 0) is 26.8 Å². The predicted molar refractivity (Wildman–Crippen MR) is 70.3 cm³/mol. The topological polar surface area (TPSA) is 80.6 Å². The van der Waals surface area contributed by atoms with Gasteiger partial charge in [0, 0.05) is 25.0 Å². The number of carbonyl (C=O) groups is 2. The third-order valence-electron chi connectivity index (χ3n) is 3.07. The predicted octanol–water partition coefficient (Wildman–Crippen LogP) is 0.954. The maximum Gasteiger partial charge on any atom is 0.328 e. The molecule has 0 bridgehead atoms. The summed E-state index contributed by atoms with van der Waals surface area (Å²) >= 11 is 0. The second-order valence-corrected chi connectivity index (χ2v) is 4.35. The van der Waals surface area contributed by atoms with Gasteiger partial charge in [-0.3, -0.25) is 4.79 Å². The summed E-state index contributed by atoms with van der Waals surface area (Å²) in [6.07, 6.45) is 0. The second kappa shape index (κ2) is 6.38. The molecule has 19 heavy (non-hydrogen) atoms. The normalized spacial score (nSPS) is 12.2. The van der Waals surface area contributed by atoms with Crippen LogP contribution in [0.3, 0.4) is 0 Å². The largest absolute Gasteiger partial charge is 0.480 e. The molecule has 2 N–H and O–H groups in total. The average Bonchev–Trinajstić information content (AvgIpc) is 2.63. The van der Waals surface area contributed by atoms with Gasteiger partial charge >= 0.3 is 5.97 Å². The van der Waals surface area contributed by atoms with Crippen LogP contribution in [0, 0.1) is 13.8 Å². The molecule has 1 heterocycles. The van der Waals surface area contributed by atoms with Gasteiger partial charge in [-0.2, -0.15) is 0 Å². The fourth-order valence-corrected chi connectivity index (χ4v) is 2.09. The molecule has 6 nitrogen and oxygen atoms in total. The minimum absolute atomic E-state index is 0.0619. The summed E-state index contributed by atoms with van der Waals surface area (Å²) in [6.45, 7) is 6.46. The van der Waals surface area contributed by atoms with Crippen molar-refractivity contribution in [1.82, 2.24) is 9.88 Å². The van der Waals surface area contributed by atoms with Gasteiger partial charge in [-0.15, -0.1) is 0 Å². The number of hydrogen-bond donors (Lipinski definition) is 2. The Hall–Kier alpha value is -1.82. The number of ether oxygens (including phenoxy) is 1. The molecule has 0 saturated heterocycles. The van der Waals surface area contributed by atoms with E-state index in [0.29, 0.717) is 5.56 Å². The summed E-state index contributed by atoms with van der Waals surface area (Å²) < 4.78 is 6.78. The molecule has 1 rings (SSSR count). The van der Waals surface area contributed by atoms with Gasteiger partial charge in [0.2, 0.25) is 0 Å². The molecule has 0 fully saturated rings. The van der Waals surface area contributed by atoms with Crippen molar-refractivity contribution in [3.63, 3.8) is 0 Å². The first-order valence-electron chi connectivity index (χ1n) is 6.11. The van der Waals surface area contributed by atoms with Gasteiger partial charge in [0.1, 0.15) is 0 Å². The van der Waals surface area contributed by atoms with Crippen LogP contribution in [0.25, 0.3) is 0 Å². The summed E-state index contributed by atoms with van der Waals surface area (Å²) in [6, 6.07) is 0.724. The minimum Gasteiger partial charge on any atom is -0.480 e. The van der Waals surface area contributed by atoms with E-state index in [2.05, 4.69) is 5.32 Å². The molecule has 0 aromatic carbocycles.